The molecule has 0 aliphatic carbocycles. The third-order valence-electron chi connectivity index (χ3n) is 4.00. The fraction of sp³-hybridized carbons (Fsp3) is 0.235. The van der Waals surface area contributed by atoms with E-state index in [1.54, 1.807) is 32.3 Å². The summed E-state index contributed by atoms with van der Waals surface area (Å²) >= 11 is 1.05. The van der Waals surface area contributed by atoms with Crippen molar-refractivity contribution in [2.24, 2.45) is 7.05 Å². The highest BCUT2D eigenvalue weighted by molar-refractivity contribution is 7.89. The molecule has 0 radical (unpaired) electrons. The summed E-state index contributed by atoms with van der Waals surface area (Å²) < 4.78 is 29.1. The van der Waals surface area contributed by atoms with Crippen molar-refractivity contribution in [3.8, 4) is 0 Å². The summed E-state index contributed by atoms with van der Waals surface area (Å²) in [4.78, 5) is 11.8. The molecule has 0 aliphatic heterocycles. The van der Waals surface area contributed by atoms with Gasteiger partial charge >= 0.3 is 4.87 Å². The first-order valence-electron chi connectivity index (χ1n) is 7.40. The van der Waals surface area contributed by atoms with Crippen LogP contribution >= 0.6 is 11.3 Å². The van der Waals surface area contributed by atoms with Gasteiger partial charge in [0.25, 0.3) is 0 Å². The highest BCUT2D eigenvalue weighted by Crippen LogP contribution is 2.23. The number of hydrogen-bond acceptors (Lipinski definition) is 4. The van der Waals surface area contributed by atoms with Crippen LogP contribution < -0.4 is 4.87 Å². The molecule has 1 aromatic heterocycles. The molecule has 1 heterocycles. The van der Waals surface area contributed by atoms with Gasteiger partial charge in [0.1, 0.15) is 0 Å². The van der Waals surface area contributed by atoms with Gasteiger partial charge in [-0.25, -0.2) is 8.42 Å². The summed E-state index contributed by atoms with van der Waals surface area (Å²) in [5.41, 5.74) is 2.80. The minimum absolute atomic E-state index is 0.104. The quantitative estimate of drug-likeness (QED) is 0.717. The van der Waals surface area contributed by atoms with E-state index in [0.29, 0.717) is 11.2 Å². The van der Waals surface area contributed by atoms with E-state index in [1.165, 1.54) is 8.87 Å². The Morgan fingerprint density at radius 1 is 1.12 bits per heavy atom. The van der Waals surface area contributed by atoms with Gasteiger partial charge in [0.2, 0.25) is 10.0 Å². The predicted octanol–water partition coefficient (Wildman–Crippen LogP) is 2.73. The van der Waals surface area contributed by atoms with Crippen LogP contribution in [0.15, 0.2) is 52.2 Å². The standard InChI is InChI=1S/C17H18N2O3S2/c1-12-4-6-13(7-5-12)11-18(2)24(21,22)14-8-9-15-16(10-14)23-17(20)19(15)3/h4-10H,11H2,1-3H3. The number of fused-ring (bicyclic) bond motifs is 1. The number of aryl methyl sites for hydroxylation is 2. The van der Waals surface area contributed by atoms with E-state index in [0.717, 1.165) is 28.0 Å². The Balaban J connectivity index is 1.94. The average molecular weight is 362 g/mol. The first-order valence-corrected chi connectivity index (χ1v) is 9.66. The molecule has 24 heavy (non-hydrogen) atoms. The van der Waals surface area contributed by atoms with Crippen molar-refractivity contribution in [1.82, 2.24) is 8.87 Å². The number of sulfonamides is 1. The maximum absolute atomic E-state index is 12.8. The van der Waals surface area contributed by atoms with E-state index in [9.17, 15) is 13.2 Å². The molecule has 0 aliphatic rings. The van der Waals surface area contributed by atoms with Gasteiger partial charge in [0.15, 0.2) is 0 Å². The second-order valence-corrected chi connectivity index (χ2v) is 8.84. The minimum atomic E-state index is -3.61. The molecule has 2 aromatic carbocycles. The number of thiazole rings is 1. The highest BCUT2D eigenvalue weighted by atomic mass is 32.2. The average Bonchev–Trinajstić information content (AvgIpc) is 2.83. The number of hydrogen-bond donors (Lipinski definition) is 0. The summed E-state index contributed by atoms with van der Waals surface area (Å²) in [6, 6.07) is 12.6. The molecule has 0 saturated carbocycles. The van der Waals surface area contributed by atoms with Gasteiger partial charge in [0.05, 0.1) is 15.1 Å². The van der Waals surface area contributed by atoms with Crippen LogP contribution in [0.4, 0.5) is 0 Å². The van der Waals surface area contributed by atoms with E-state index in [4.69, 9.17) is 0 Å². The van der Waals surface area contributed by atoms with E-state index in [2.05, 4.69) is 0 Å². The van der Waals surface area contributed by atoms with Crippen LogP contribution in [0, 0.1) is 6.92 Å². The van der Waals surface area contributed by atoms with Crippen molar-refractivity contribution in [3.63, 3.8) is 0 Å². The summed E-state index contributed by atoms with van der Waals surface area (Å²) in [5, 5.41) is 0. The molecular formula is C17H18N2O3S2. The molecule has 126 valence electrons. The van der Waals surface area contributed by atoms with Gasteiger partial charge in [-0.15, -0.1) is 0 Å². The molecule has 7 heteroatoms. The molecule has 0 saturated heterocycles. The Labute approximate surface area is 144 Å². The lowest BCUT2D eigenvalue weighted by atomic mass is 10.1. The van der Waals surface area contributed by atoms with Crippen LogP contribution in [0.25, 0.3) is 10.2 Å². The van der Waals surface area contributed by atoms with E-state index in [1.807, 2.05) is 31.2 Å². The van der Waals surface area contributed by atoms with E-state index >= 15 is 0 Å². The van der Waals surface area contributed by atoms with Crippen molar-refractivity contribution in [2.45, 2.75) is 18.4 Å². The third-order valence-corrected chi connectivity index (χ3v) is 6.79. The number of nitrogens with zero attached hydrogens (tertiary/aromatic N) is 2. The Kier molecular flexibility index (Phi) is 4.33. The van der Waals surface area contributed by atoms with E-state index < -0.39 is 10.0 Å². The summed E-state index contributed by atoms with van der Waals surface area (Å²) in [7, 11) is -0.372. The Morgan fingerprint density at radius 3 is 2.46 bits per heavy atom. The summed E-state index contributed by atoms with van der Waals surface area (Å²) in [5.74, 6) is 0. The maximum atomic E-state index is 12.8. The molecule has 0 unspecified atom stereocenters. The molecule has 0 fully saturated rings. The van der Waals surface area contributed by atoms with Crippen molar-refractivity contribution < 1.29 is 8.42 Å². The first kappa shape index (κ1) is 16.9. The topological polar surface area (TPSA) is 59.4 Å². The van der Waals surface area contributed by atoms with Crippen molar-refractivity contribution in [3.05, 3.63) is 63.3 Å². The number of benzene rings is 2. The number of rotatable bonds is 4. The molecule has 0 bridgehead atoms. The van der Waals surface area contributed by atoms with Crippen LogP contribution in [0.2, 0.25) is 0 Å². The summed E-state index contributed by atoms with van der Waals surface area (Å²) in [6.07, 6.45) is 0. The van der Waals surface area contributed by atoms with Crippen LogP contribution in [-0.2, 0) is 23.6 Å². The maximum Gasteiger partial charge on any atom is 0.307 e. The highest BCUT2D eigenvalue weighted by Gasteiger charge is 2.22. The fourth-order valence-corrected chi connectivity index (χ4v) is 4.67. The molecule has 0 amide bonds. The van der Waals surface area contributed by atoms with Gasteiger partial charge in [-0.3, -0.25) is 4.79 Å². The molecule has 0 spiro atoms. The zero-order valence-corrected chi connectivity index (χ0v) is 15.3. The van der Waals surface area contributed by atoms with Crippen molar-refractivity contribution >= 4 is 31.6 Å². The molecule has 5 nitrogen and oxygen atoms in total. The van der Waals surface area contributed by atoms with Crippen molar-refractivity contribution in [2.75, 3.05) is 7.05 Å². The predicted molar refractivity (Wildman–Crippen MR) is 96.9 cm³/mol. The van der Waals surface area contributed by atoms with Crippen molar-refractivity contribution in [1.29, 1.82) is 0 Å². The Bertz CT molecular complexity index is 1050. The SMILES string of the molecule is Cc1ccc(CN(C)S(=O)(=O)c2ccc3c(c2)sc(=O)n3C)cc1. The Morgan fingerprint density at radius 2 is 1.79 bits per heavy atom. The van der Waals surface area contributed by atoms with Gasteiger partial charge in [-0.05, 0) is 30.7 Å². The fourth-order valence-electron chi connectivity index (χ4n) is 2.49. The number of aromatic nitrogens is 1. The molecular weight excluding hydrogens is 344 g/mol. The van der Waals surface area contributed by atoms with Crippen LogP contribution in [0.1, 0.15) is 11.1 Å². The second-order valence-electron chi connectivity index (χ2n) is 5.80. The van der Waals surface area contributed by atoms with Gasteiger partial charge in [-0.2, -0.15) is 4.31 Å². The Hall–Kier alpha value is -1.96. The zero-order chi connectivity index (χ0) is 17.5. The molecule has 0 N–H and O–H groups in total. The van der Waals surface area contributed by atoms with Gasteiger partial charge in [0, 0.05) is 20.6 Å². The smallest absolute Gasteiger partial charge is 0.302 e. The first-order chi connectivity index (χ1) is 11.3. The van der Waals surface area contributed by atoms with Gasteiger partial charge in [-0.1, -0.05) is 41.2 Å². The third kappa shape index (κ3) is 3.02. The minimum Gasteiger partial charge on any atom is -0.302 e. The lowest BCUT2D eigenvalue weighted by molar-refractivity contribution is 0.467. The van der Waals surface area contributed by atoms with Gasteiger partial charge < -0.3 is 4.57 Å². The van der Waals surface area contributed by atoms with Crippen LogP contribution in [0.3, 0.4) is 0 Å². The largest absolute Gasteiger partial charge is 0.307 e. The monoisotopic (exact) mass is 362 g/mol. The zero-order valence-electron chi connectivity index (χ0n) is 13.7. The van der Waals surface area contributed by atoms with Crippen LogP contribution in [-0.4, -0.2) is 24.3 Å². The lowest BCUT2D eigenvalue weighted by Gasteiger charge is -2.17. The summed E-state index contributed by atoms with van der Waals surface area (Å²) in [6.45, 7) is 2.29. The second kappa shape index (κ2) is 6.16. The normalized spacial score (nSPS) is 12.2. The molecule has 3 rings (SSSR count). The molecule has 0 atom stereocenters. The molecule has 3 aromatic rings. The lowest BCUT2D eigenvalue weighted by Crippen LogP contribution is -2.26. The van der Waals surface area contributed by atoms with Crippen LogP contribution in [0.5, 0.6) is 0 Å². The van der Waals surface area contributed by atoms with E-state index in [-0.39, 0.29) is 9.77 Å².